The number of hydrogen-bond donors (Lipinski definition) is 2. The Morgan fingerprint density at radius 1 is 1.25 bits per heavy atom. The number of aromatic nitrogens is 1. The van der Waals surface area contributed by atoms with Crippen LogP contribution in [0.2, 0.25) is 0 Å². The smallest absolute Gasteiger partial charge is 0.354 e. The number of carboxylic acids is 1. The second-order valence-corrected chi connectivity index (χ2v) is 5.89. The molecule has 102 valence electrons. The van der Waals surface area contributed by atoms with Gasteiger partial charge in [-0.15, -0.1) is 0 Å². The molecule has 7 heteroatoms. The van der Waals surface area contributed by atoms with Crippen molar-refractivity contribution in [2.24, 2.45) is 0 Å². The molecule has 1 aromatic heterocycles. The van der Waals surface area contributed by atoms with E-state index in [4.69, 9.17) is 5.11 Å². The zero-order valence-electron chi connectivity index (χ0n) is 9.93. The lowest BCUT2D eigenvalue weighted by molar-refractivity contribution is 0.0690. The lowest BCUT2D eigenvalue weighted by Gasteiger charge is -2.07. The van der Waals surface area contributed by atoms with Gasteiger partial charge < -0.3 is 10.4 Å². The maximum Gasteiger partial charge on any atom is 0.354 e. The highest BCUT2D eigenvalue weighted by Gasteiger charge is 2.11. The molecule has 0 aliphatic rings. The van der Waals surface area contributed by atoms with Gasteiger partial charge in [0.2, 0.25) is 0 Å². The standard InChI is InChI=1S/C13H8BrIN2O3/c14-7-1-3-10(15)9(5-7)12(18)17-8-2-4-11(13(19)20)16-6-8/h1-6H,(H,17,18)(H,19,20). The molecule has 0 aliphatic carbocycles. The van der Waals surface area contributed by atoms with E-state index in [1.807, 2.05) is 12.1 Å². The molecule has 1 heterocycles. The van der Waals surface area contributed by atoms with Crippen LogP contribution in [0.3, 0.4) is 0 Å². The molecule has 20 heavy (non-hydrogen) atoms. The zero-order chi connectivity index (χ0) is 14.7. The fraction of sp³-hybridized carbons (Fsp3) is 0. The lowest BCUT2D eigenvalue weighted by atomic mass is 10.2. The number of rotatable bonds is 3. The summed E-state index contributed by atoms with van der Waals surface area (Å²) in [6.07, 6.45) is 1.31. The van der Waals surface area contributed by atoms with Gasteiger partial charge in [0, 0.05) is 8.04 Å². The van der Waals surface area contributed by atoms with E-state index in [0.29, 0.717) is 11.3 Å². The van der Waals surface area contributed by atoms with Crippen LogP contribution in [0.4, 0.5) is 5.69 Å². The van der Waals surface area contributed by atoms with Gasteiger partial charge in [-0.25, -0.2) is 9.78 Å². The molecule has 0 atom stereocenters. The van der Waals surface area contributed by atoms with Gasteiger partial charge in [-0.3, -0.25) is 4.79 Å². The summed E-state index contributed by atoms with van der Waals surface area (Å²) in [4.78, 5) is 26.5. The summed E-state index contributed by atoms with van der Waals surface area (Å²) in [5, 5.41) is 11.4. The maximum atomic E-state index is 12.1. The molecular formula is C13H8BrIN2O3. The van der Waals surface area contributed by atoms with Crippen LogP contribution in [0.5, 0.6) is 0 Å². The number of nitrogens with zero attached hydrogens (tertiary/aromatic N) is 1. The molecule has 2 aromatic rings. The number of aromatic carboxylic acids is 1. The first kappa shape index (κ1) is 14.9. The van der Waals surface area contributed by atoms with Crippen molar-refractivity contribution in [3.05, 3.63) is 55.8 Å². The van der Waals surface area contributed by atoms with Gasteiger partial charge in [-0.05, 0) is 52.9 Å². The number of carbonyl (C=O) groups is 2. The highest BCUT2D eigenvalue weighted by atomic mass is 127. The summed E-state index contributed by atoms with van der Waals surface area (Å²) in [7, 11) is 0. The number of anilines is 1. The second-order valence-electron chi connectivity index (χ2n) is 3.82. The Bertz CT molecular complexity index is 674. The fourth-order valence-corrected chi connectivity index (χ4v) is 2.41. The van der Waals surface area contributed by atoms with E-state index in [9.17, 15) is 9.59 Å². The summed E-state index contributed by atoms with van der Waals surface area (Å²) in [5.74, 6) is -1.38. The molecule has 1 aromatic carbocycles. The van der Waals surface area contributed by atoms with Crippen molar-refractivity contribution in [1.29, 1.82) is 0 Å². The van der Waals surface area contributed by atoms with Gasteiger partial charge >= 0.3 is 5.97 Å². The summed E-state index contributed by atoms with van der Waals surface area (Å²) in [5.41, 5.74) is 0.901. The average Bonchev–Trinajstić information content (AvgIpc) is 2.42. The Morgan fingerprint density at radius 3 is 2.60 bits per heavy atom. The van der Waals surface area contributed by atoms with Crippen molar-refractivity contribution < 1.29 is 14.7 Å². The van der Waals surface area contributed by atoms with Gasteiger partial charge in [0.15, 0.2) is 0 Å². The third-order valence-corrected chi connectivity index (χ3v) is 3.85. The molecule has 5 nitrogen and oxygen atoms in total. The fourth-order valence-electron chi connectivity index (χ4n) is 1.46. The molecular weight excluding hydrogens is 439 g/mol. The molecule has 0 radical (unpaired) electrons. The zero-order valence-corrected chi connectivity index (χ0v) is 13.7. The van der Waals surface area contributed by atoms with Crippen LogP contribution in [-0.4, -0.2) is 22.0 Å². The highest BCUT2D eigenvalue weighted by Crippen LogP contribution is 2.19. The summed E-state index contributed by atoms with van der Waals surface area (Å²) in [6, 6.07) is 8.23. The van der Waals surface area contributed by atoms with E-state index in [0.717, 1.165) is 8.04 Å². The lowest BCUT2D eigenvalue weighted by Crippen LogP contribution is -2.14. The van der Waals surface area contributed by atoms with Crippen molar-refractivity contribution in [3.8, 4) is 0 Å². The molecule has 0 saturated carbocycles. The van der Waals surface area contributed by atoms with Gasteiger partial charge in [-0.2, -0.15) is 0 Å². The van der Waals surface area contributed by atoms with Crippen molar-refractivity contribution >= 4 is 56.1 Å². The van der Waals surface area contributed by atoms with E-state index < -0.39 is 5.97 Å². The Labute approximate surface area is 136 Å². The Kier molecular flexibility index (Phi) is 4.71. The average molecular weight is 447 g/mol. The predicted octanol–water partition coefficient (Wildman–Crippen LogP) is 3.40. The minimum absolute atomic E-state index is 0.0694. The van der Waals surface area contributed by atoms with Crippen molar-refractivity contribution in [2.45, 2.75) is 0 Å². The van der Waals surface area contributed by atoms with Crippen LogP contribution >= 0.6 is 38.5 Å². The van der Waals surface area contributed by atoms with E-state index in [2.05, 4.69) is 48.8 Å². The number of carbonyl (C=O) groups excluding carboxylic acids is 1. The largest absolute Gasteiger partial charge is 0.477 e. The molecule has 0 spiro atoms. The SMILES string of the molecule is O=C(O)c1ccc(NC(=O)c2cc(Br)ccc2I)cn1. The van der Waals surface area contributed by atoms with Gasteiger partial charge in [0.25, 0.3) is 5.91 Å². The van der Waals surface area contributed by atoms with Crippen molar-refractivity contribution in [2.75, 3.05) is 5.32 Å². The minimum Gasteiger partial charge on any atom is -0.477 e. The number of hydrogen-bond acceptors (Lipinski definition) is 3. The predicted molar refractivity (Wildman–Crippen MR) is 86.0 cm³/mol. The number of benzene rings is 1. The van der Waals surface area contributed by atoms with Crippen molar-refractivity contribution in [1.82, 2.24) is 4.98 Å². The first-order chi connectivity index (χ1) is 9.47. The Balaban J connectivity index is 2.19. The first-order valence-electron chi connectivity index (χ1n) is 5.43. The molecule has 1 amide bonds. The van der Waals surface area contributed by atoms with Gasteiger partial charge in [0.05, 0.1) is 17.4 Å². The number of pyridine rings is 1. The quantitative estimate of drug-likeness (QED) is 0.708. The monoisotopic (exact) mass is 446 g/mol. The summed E-state index contributed by atoms with van der Waals surface area (Å²) in [6.45, 7) is 0. The Morgan fingerprint density at radius 2 is 2.00 bits per heavy atom. The van der Waals surface area contributed by atoms with E-state index in [-0.39, 0.29) is 11.6 Å². The molecule has 0 unspecified atom stereocenters. The van der Waals surface area contributed by atoms with Crippen LogP contribution < -0.4 is 5.32 Å². The van der Waals surface area contributed by atoms with Gasteiger partial charge in [0.1, 0.15) is 5.69 Å². The van der Waals surface area contributed by atoms with E-state index in [1.165, 1.54) is 18.3 Å². The van der Waals surface area contributed by atoms with Crippen LogP contribution in [0.15, 0.2) is 41.0 Å². The first-order valence-corrected chi connectivity index (χ1v) is 7.30. The summed E-state index contributed by atoms with van der Waals surface area (Å²) < 4.78 is 1.63. The number of nitrogens with one attached hydrogen (secondary N) is 1. The van der Waals surface area contributed by atoms with Crippen molar-refractivity contribution in [3.63, 3.8) is 0 Å². The van der Waals surface area contributed by atoms with Crippen LogP contribution in [0.1, 0.15) is 20.8 Å². The highest BCUT2D eigenvalue weighted by molar-refractivity contribution is 14.1. The third-order valence-electron chi connectivity index (χ3n) is 2.41. The van der Waals surface area contributed by atoms with Crippen LogP contribution in [0.25, 0.3) is 0 Å². The van der Waals surface area contributed by atoms with Crippen LogP contribution in [-0.2, 0) is 0 Å². The molecule has 2 rings (SSSR count). The minimum atomic E-state index is -1.11. The molecule has 0 fully saturated rings. The molecule has 0 bridgehead atoms. The Hall–Kier alpha value is -1.48. The van der Waals surface area contributed by atoms with Crippen LogP contribution in [0, 0.1) is 3.57 Å². The molecule has 2 N–H and O–H groups in total. The molecule has 0 aliphatic heterocycles. The normalized spacial score (nSPS) is 10.1. The van der Waals surface area contributed by atoms with E-state index >= 15 is 0 Å². The maximum absolute atomic E-state index is 12.1. The topological polar surface area (TPSA) is 79.3 Å². The number of halogens is 2. The second kappa shape index (κ2) is 6.31. The summed E-state index contributed by atoms with van der Waals surface area (Å²) >= 11 is 5.39. The molecule has 0 saturated heterocycles. The third kappa shape index (κ3) is 3.54. The van der Waals surface area contributed by atoms with Gasteiger partial charge in [-0.1, -0.05) is 15.9 Å². The number of carboxylic acid groups (broad SMARTS) is 1. The van der Waals surface area contributed by atoms with E-state index in [1.54, 1.807) is 6.07 Å². The number of amides is 1.